The highest BCUT2D eigenvalue weighted by molar-refractivity contribution is 7.89. The van der Waals surface area contributed by atoms with Crippen LogP contribution >= 0.6 is 11.3 Å². The molecule has 0 aliphatic carbocycles. The summed E-state index contributed by atoms with van der Waals surface area (Å²) < 4.78 is 38.3. The molecule has 4 aromatic rings. The number of sulfonamides is 1. The molecular weight excluding hydrogens is 508 g/mol. The molecule has 8 nitrogen and oxygen atoms in total. The predicted molar refractivity (Wildman–Crippen MR) is 144 cm³/mol. The molecule has 190 valence electrons. The number of aromatic nitrogens is 1. The average molecular weight is 535 g/mol. The van der Waals surface area contributed by atoms with Crippen molar-refractivity contribution in [1.29, 1.82) is 0 Å². The number of hydrogen-bond acceptors (Lipinski definition) is 8. The van der Waals surface area contributed by atoms with Crippen LogP contribution in [0.4, 0.5) is 5.13 Å². The molecule has 1 atom stereocenters. The Kier molecular flexibility index (Phi) is 6.31. The van der Waals surface area contributed by atoms with Crippen LogP contribution in [0.5, 0.6) is 5.75 Å². The van der Waals surface area contributed by atoms with Crippen LogP contribution < -0.4 is 9.75 Å². The van der Waals surface area contributed by atoms with Crippen molar-refractivity contribution in [2.24, 2.45) is 5.10 Å². The third-order valence-corrected chi connectivity index (χ3v) is 9.49. The minimum atomic E-state index is -3.44. The number of benzene rings is 2. The Balaban J connectivity index is 1.28. The zero-order valence-corrected chi connectivity index (χ0v) is 21.9. The smallest absolute Gasteiger partial charge is 0.243 e. The second kappa shape index (κ2) is 9.77. The lowest BCUT2D eigenvalue weighted by molar-refractivity contribution is 0.415. The van der Waals surface area contributed by atoms with Gasteiger partial charge in [0.05, 0.1) is 29.7 Å². The quantitative estimate of drug-likeness (QED) is 0.309. The first-order valence-electron chi connectivity index (χ1n) is 12.1. The van der Waals surface area contributed by atoms with Crippen molar-refractivity contribution in [1.82, 2.24) is 9.29 Å². The molecule has 0 unspecified atom stereocenters. The fourth-order valence-electron chi connectivity index (χ4n) is 4.72. The maximum Gasteiger partial charge on any atom is 0.243 e. The zero-order chi connectivity index (χ0) is 25.4. The van der Waals surface area contributed by atoms with Crippen LogP contribution in [-0.2, 0) is 10.0 Å². The summed E-state index contributed by atoms with van der Waals surface area (Å²) in [5, 5.41) is 9.56. The third kappa shape index (κ3) is 4.56. The minimum Gasteiger partial charge on any atom is -0.497 e. The molecule has 0 saturated carbocycles. The van der Waals surface area contributed by atoms with Crippen LogP contribution in [0.15, 0.2) is 86.7 Å². The summed E-state index contributed by atoms with van der Waals surface area (Å²) in [6, 6.07) is 18.6. The Morgan fingerprint density at radius 2 is 1.73 bits per heavy atom. The van der Waals surface area contributed by atoms with Crippen molar-refractivity contribution in [3.63, 3.8) is 0 Å². The van der Waals surface area contributed by atoms with E-state index >= 15 is 0 Å². The molecule has 2 aliphatic rings. The van der Waals surface area contributed by atoms with E-state index in [2.05, 4.69) is 0 Å². The minimum absolute atomic E-state index is 0.112. The maximum atomic E-state index is 12.9. The van der Waals surface area contributed by atoms with Gasteiger partial charge in [0.1, 0.15) is 17.6 Å². The fraction of sp³-hybridized carbons (Fsp3) is 0.259. The second-order valence-corrected chi connectivity index (χ2v) is 11.8. The number of hydrogen-bond donors (Lipinski definition) is 0. The van der Waals surface area contributed by atoms with E-state index in [1.165, 1.54) is 11.3 Å². The number of methoxy groups -OCH3 is 1. The zero-order valence-electron chi connectivity index (χ0n) is 20.3. The highest BCUT2D eigenvalue weighted by Crippen LogP contribution is 2.39. The molecule has 1 fully saturated rings. The van der Waals surface area contributed by atoms with Crippen LogP contribution in [0, 0.1) is 0 Å². The van der Waals surface area contributed by atoms with Crippen molar-refractivity contribution < 1.29 is 17.6 Å². The van der Waals surface area contributed by atoms with E-state index in [9.17, 15) is 8.42 Å². The van der Waals surface area contributed by atoms with E-state index in [4.69, 9.17) is 19.2 Å². The van der Waals surface area contributed by atoms with Crippen molar-refractivity contribution in [3.8, 4) is 17.0 Å². The Hall–Kier alpha value is -3.47. The first-order chi connectivity index (χ1) is 18.0. The third-order valence-electron chi connectivity index (χ3n) is 6.75. The van der Waals surface area contributed by atoms with Crippen LogP contribution in [0.25, 0.3) is 11.3 Å². The van der Waals surface area contributed by atoms with Gasteiger partial charge in [-0.1, -0.05) is 12.1 Å². The molecule has 2 aliphatic heterocycles. The number of rotatable bonds is 7. The van der Waals surface area contributed by atoms with Crippen molar-refractivity contribution in [3.05, 3.63) is 83.6 Å². The standard InChI is InChI=1S/C27H26N4O4S2/c1-34-21-10-6-19(7-11-21)23-17-25(26-5-4-16-35-26)31(29-23)27-28-24(18-36-27)20-8-12-22(13-9-20)37(32,33)30-14-2-3-15-30/h4-13,16,18,25H,2-3,14-15,17H2,1H3/t25-/m1/s1. The van der Waals surface area contributed by atoms with Gasteiger partial charge in [-0.15, -0.1) is 11.3 Å². The molecule has 2 aromatic carbocycles. The predicted octanol–water partition coefficient (Wildman–Crippen LogP) is 5.55. The Morgan fingerprint density at radius 3 is 2.41 bits per heavy atom. The van der Waals surface area contributed by atoms with Gasteiger partial charge in [-0.3, -0.25) is 0 Å². The molecule has 0 amide bonds. The van der Waals surface area contributed by atoms with Crippen LogP contribution in [0.3, 0.4) is 0 Å². The molecule has 0 N–H and O–H groups in total. The van der Waals surface area contributed by atoms with E-state index in [0.29, 0.717) is 24.4 Å². The monoisotopic (exact) mass is 534 g/mol. The second-order valence-electron chi connectivity index (χ2n) is 9.01. The number of thiazole rings is 1. The average Bonchev–Trinajstić information content (AvgIpc) is 3.75. The van der Waals surface area contributed by atoms with E-state index in [0.717, 1.165) is 52.0 Å². The number of nitrogens with zero attached hydrogens (tertiary/aromatic N) is 4. The van der Waals surface area contributed by atoms with Gasteiger partial charge in [0.15, 0.2) is 0 Å². The van der Waals surface area contributed by atoms with Gasteiger partial charge in [-0.2, -0.15) is 9.41 Å². The molecule has 1 saturated heterocycles. The van der Waals surface area contributed by atoms with Gasteiger partial charge in [0, 0.05) is 30.5 Å². The largest absolute Gasteiger partial charge is 0.497 e. The molecule has 6 rings (SSSR count). The molecule has 37 heavy (non-hydrogen) atoms. The summed E-state index contributed by atoms with van der Waals surface area (Å²) in [7, 11) is -1.79. The number of ether oxygens (including phenoxy) is 1. The van der Waals surface area contributed by atoms with Crippen molar-refractivity contribution in [2.75, 3.05) is 25.2 Å². The molecule has 0 bridgehead atoms. The highest BCUT2D eigenvalue weighted by Gasteiger charge is 2.33. The first-order valence-corrected chi connectivity index (χ1v) is 14.5. The lowest BCUT2D eigenvalue weighted by atomic mass is 10.0. The van der Waals surface area contributed by atoms with Crippen LogP contribution in [-0.4, -0.2) is 43.6 Å². The van der Waals surface area contributed by atoms with Gasteiger partial charge in [-0.25, -0.2) is 18.4 Å². The normalized spacial score (nSPS) is 18.4. The van der Waals surface area contributed by atoms with Gasteiger partial charge < -0.3 is 9.15 Å². The lowest BCUT2D eigenvalue weighted by Gasteiger charge is -2.18. The summed E-state index contributed by atoms with van der Waals surface area (Å²) in [6.07, 6.45) is 4.18. The summed E-state index contributed by atoms with van der Waals surface area (Å²) in [5.41, 5.74) is 3.59. The van der Waals surface area contributed by atoms with Gasteiger partial charge in [0.2, 0.25) is 15.2 Å². The van der Waals surface area contributed by atoms with Crippen molar-refractivity contribution in [2.45, 2.75) is 30.2 Å². The van der Waals surface area contributed by atoms with E-state index in [1.54, 1.807) is 29.8 Å². The molecule has 4 heterocycles. The maximum absolute atomic E-state index is 12.9. The molecule has 0 radical (unpaired) electrons. The molecular formula is C27H26N4O4S2. The molecule has 10 heteroatoms. The van der Waals surface area contributed by atoms with Gasteiger partial charge >= 0.3 is 0 Å². The van der Waals surface area contributed by atoms with E-state index in [1.807, 2.05) is 58.9 Å². The first kappa shape index (κ1) is 23.9. The van der Waals surface area contributed by atoms with Crippen LogP contribution in [0.2, 0.25) is 0 Å². The Bertz CT molecular complexity index is 1510. The molecule has 0 spiro atoms. The SMILES string of the molecule is COc1ccc(C2=NN(c3nc(-c4ccc(S(=O)(=O)N5CCCC5)cc4)cs3)[C@@H](c3ccco3)C2)cc1. The van der Waals surface area contributed by atoms with E-state index in [-0.39, 0.29) is 6.04 Å². The summed E-state index contributed by atoms with van der Waals surface area (Å²) in [6.45, 7) is 1.18. The van der Waals surface area contributed by atoms with Crippen LogP contribution in [0.1, 0.15) is 36.6 Å². The Labute approximate surface area is 219 Å². The summed E-state index contributed by atoms with van der Waals surface area (Å²) >= 11 is 1.50. The number of hydrazone groups is 1. The highest BCUT2D eigenvalue weighted by atomic mass is 32.2. The van der Waals surface area contributed by atoms with Gasteiger partial charge in [-0.05, 0) is 66.9 Å². The van der Waals surface area contributed by atoms with E-state index < -0.39 is 10.0 Å². The summed E-state index contributed by atoms with van der Waals surface area (Å²) in [4.78, 5) is 5.18. The number of anilines is 1. The summed E-state index contributed by atoms with van der Waals surface area (Å²) in [5.74, 6) is 1.62. The topological polar surface area (TPSA) is 88.2 Å². The molecule has 2 aromatic heterocycles. The lowest BCUT2D eigenvalue weighted by Crippen LogP contribution is -2.27. The van der Waals surface area contributed by atoms with Gasteiger partial charge in [0.25, 0.3) is 0 Å². The fourth-order valence-corrected chi connectivity index (χ4v) is 7.07. The number of furan rings is 1. The Morgan fingerprint density at radius 1 is 1.00 bits per heavy atom. The van der Waals surface area contributed by atoms with Crippen molar-refractivity contribution >= 4 is 32.2 Å².